The summed E-state index contributed by atoms with van der Waals surface area (Å²) in [5.41, 5.74) is 6.27. The van der Waals surface area contributed by atoms with Crippen LogP contribution in [0.25, 0.3) is 22.0 Å². The topological polar surface area (TPSA) is 45.2 Å². The van der Waals surface area contributed by atoms with Crippen molar-refractivity contribution in [3.05, 3.63) is 95.4 Å². The molecule has 1 aliphatic heterocycles. The van der Waals surface area contributed by atoms with Gasteiger partial charge in [-0.05, 0) is 97.3 Å². The van der Waals surface area contributed by atoms with Gasteiger partial charge in [-0.25, -0.2) is 4.39 Å². The van der Waals surface area contributed by atoms with Gasteiger partial charge in [-0.1, -0.05) is 44.2 Å². The third kappa shape index (κ3) is 5.72. The Hall–Kier alpha value is -3.57. The van der Waals surface area contributed by atoms with Crippen molar-refractivity contribution >= 4 is 22.5 Å². The van der Waals surface area contributed by atoms with Gasteiger partial charge < -0.3 is 5.32 Å². The second-order valence-corrected chi connectivity index (χ2v) is 10.6. The van der Waals surface area contributed by atoms with E-state index < -0.39 is 0 Å². The van der Waals surface area contributed by atoms with Gasteiger partial charge in [-0.3, -0.25) is 14.7 Å². The highest BCUT2D eigenvalue weighted by Crippen LogP contribution is 2.28. The van der Waals surface area contributed by atoms with Crippen molar-refractivity contribution in [1.82, 2.24) is 9.88 Å². The van der Waals surface area contributed by atoms with Crippen molar-refractivity contribution in [3.8, 4) is 11.1 Å². The van der Waals surface area contributed by atoms with Gasteiger partial charge in [0.05, 0.1) is 5.52 Å². The Kier molecular flexibility index (Phi) is 7.33. The highest BCUT2D eigenvalue weighted by Gasteiger charge is 2.25. The molecule has 1 aromatic heterocycles. The average molecular weight is 496 g/mol. The number of anilines is 1. The Balaban J connectivity index is 1.29. The van der Waals surface area contributed by atoms with Crippen LogP contribution >= 0.6 is 0 Å². The van der Waals surface area contributed by atoms with E-state index >= 15 is 0 Å². The van der Waals surface area contributed by atoms with Crippen LogP contribution < -0.4 is 5.32 Å². The van der Waals surface area contributed by atoms with Crippen molar-refractivity contribution in [1.29, 1.82) is 0 Å². The number of amides is 1. The number of carbonyl (C=O) groups excluding carboxylic acids is 1. The molecule has 1 saturated heterocycles. The maximum absolute atomic E-state index is 13.2. The average Bonchev–Trinajstić information content (AvgIpc) is 3.32. The number of halogens is 1. The number of likely N-dealkylation sites (tertiary alicyclic amines) is 1. The highest BCUT2D eigenvalue weighted by atomic mass is 19.1. The van der Waals surface area contributed by atoms with Crippen LogP contribution in [0.1, 0.15) is 54.6 Å². The van der Waals surface area contributed by atoms with E-state index in [4.69, 9.17) is 4.98 Å². The smallest absolute Gasteiger partial charge is 0.255 e. The number of pyridine rings is 1. The monoisotopic (exact) mass is 495 g/mol. The number of fused-ring (bicyclic) bond motifs is 1. The molecule has 1 aliphatic rings. The van der Waals surface area contributed by atoms with Gasteiger partial charge in [0.1, 0.15) is 5.82 Å². The first kappa shape index (κ1) is 25.1. The molecule has 0 spiro atoms. The molecule has 1 unspecified atom stereocenters. The molecule has 0 saturated carbocycles. The molecule has 4 aromatic rings. The first-order valence-corrected chi connectivity index (χ1v) is 13.2. The van der Waals surface area contributed by atoms with Crippen LogP contribution in [0.3, 0.4) is 0 Å². The molecule has 1 N–H and O–H groups in total. The van der Waals surface area contributed by atoms with E-state index in [2.05, 4.69) is 30.1 Å². The van der Waals surface area contributed by atoms with Gasteiger partial charge >= 0.3 is 0 Å². The summed E-state index contributed by atoms with van der Waals surface area (Å²) >= 11 is 0. The number of benzene rings is 3. The van der Waals surface area contributed by atoms with Crippen molar-refractivity contribution in [2.24, 2.45) is 5.92 Å². The minimum atomic E-state index is -0.266. The molecular weight excluding hydrogens is 461 g/mol. The molecule has 1 atom stereocenters. The SMILES string of the molecule is Cc1c(NC(=O)c2ccc(-c3ccc(F)cc3)cc2)ccc2cc(CN3CCCC3CC(C)C)cnc12. The second-order valence-electron chi connectivity index (χ2n) is 10.6. The van der Waals surface area contributed by atoms with Crippen LogP contribution in [0.4, 0.5) is 10.1 Å². The summed E-state index contributed by atoms with van der Waals surface area (Å²) in [4.78, 5) is 20.4. The quantitative estimate of drug-likeness (QED) is 0.287. The summed E-state index contributed by atoms with van der Waals surface area (Å²) in [7, 11) is 0. The number of nitrogens with zero attached hydrogens (tertiary/aromatic N) is 2. The van der Waals surface area contributed by atoms with Crippen LogP contribution in [0.2, 0.25) is 0 Å². The largest absolute Gasteiger partial charge is 0.322 e. The lowest BCUT2D eigenvalue weighted by Crippen LogP contribution is -2.30. The Morgan fingerprint density at radius 1 is 1.05 bits per heavy atom. The van der Waals surface area contributed by atoms with E-state index in [0.29, 0.717) is 17.5 Å². The summed E-state index contributed by atoms with van der Waals surface area (Å²) in [5, 5.41) is 4.14. The standard InChI is InChI=1S/C32H34FN3O/c1-21(2)17-29-5-4-16-36(29)20-23-18-27-12-15-30(22(3)31(27)34-19-23)35-32(37)26-8-6-24(7-9-26)25-10-13-28(33)14-11-25/h6-15,18-19,21,29H,4-5,16-17,20H2,1-3H3,(H,35,37). The fourth-order valence-corrected chi connectivity index (χ4v) is 5.42. The molecule has 190 valence electrons. The van der Waals surface area contributed by atoms with E-state index in [0.717, 1.165) is 46.4 Å². The number of nitrogens with one attached hydrogen (secondary N) is 1. The Morgan fingerprint density at radius 3 is 2.46 bits per heavy atom. The highest BCUT2D eigenvalue weighted by molar-refractivity contribution is 6.06. The summed E-state index contributed by atoms with van der Waals surface area (Å²) in [6.45, 7) is 8.70. The second kappa shape index (κ2) is 10.8. The lowest BCUT2D eigenvalue weighted by Gasteiger charge is -2.26. The normalized spacial score (nSPS) is 16.0. The van der Waals surface area contributed by atoms with Gasteiger partial charge in [0.25, 0.3) is 5.91 Å². The number of rotatable bonds is 7. The zero-order valence-electron chi connectivity index (χ0n) is 21.8. The minimum absolute atomic E-state index is 0.171. The molecule has 5 rings (SSSR count). The maximum Gasteiger partial charge on any atom is 0.255 e. The van der Waals surface area contributed by atoms with Gasteiger partial charge in [0, 0.05) is 35.4 Å². The third-order valence-electron chi connectivity index (χ3n) is 7.36. The van der Waals surface area contributed by atoms with E-state index in [-0.39, 0.29) is 11.7 Å². The molecule has 5 heteroatoms. The van der Waals surface area contributed by atoms with Crippen molar-refractivity contribution in [2.75, 3.05) is 11.9 Å². The maximum atomic E-state index is 13.2. The first-order chi connectivity index (χ1) is 17.9. The van der Waals surface area contributed by atoms with E-state index in [1.165, 1.54) is 37.0 Å². The van der Waals surface area contributed by atoms with Gasteiger partial charge in [-0.2, -0.15) is 0 Å². The summed E-state index contributed by atoms with van der Waals surface area (Å²) in [6, 6.07) is 20.6. The number of aromatic nitrogens is 1. The van der Waals surface area contributed by atoms with Crippen molar-refractivity contribution < 1.29 is 9.18 Å². The van der Waals surface area contributed by atoms with E-state index in [9.17, 15) is 9.18 Å². The predicted octanol–water partition coefficient (Wildman–Crippen LogP) is 7.61. The molecule has 1 fully saturated rings. The van der Waals surface area contributed by atoms with E-state index in [1.807, 2.05) is 37.4 Å². The fraction of sp³-hybridized carbons (Fsp3) is 0.312. The number of hydrogen-bond donors (Lipinski definition) is 1. The van der Waals surface area contributed by atoms with Crippen LogP contribution in [0.5, 0.6) is 0 Å². The van der Waals surface area contributed by atoms with Gasteiger partial charge in [0.15, 0.2) is 0 Å². The number of aryl methyl sites for hydroxylation is 1. The van der Waals surface area contributed by atoms with Crippen LogP contribution in [-0.2, 0) is 6.54 Å². The summed E-state index contributed by atoms with van der Waals surface area (Å²) in [5.74, 6) is 0.275. The van der Waals surface area contributed by atoms with Gasteiger partial charge in [0.2, 0.25) is 0 Å². The summed E-state index contributed by atoms with van der Waals surface area (Å²) in [6.07, 6.45) is 5.80. The predicted molar refractivity (Wildman–Crippen MR) is 149 cm³/mol. The zero-order chi connectivity index (χ0) is 25.9. The minimum Gasteiger partial charge on any atom is -0.322 e. The van der Waals surface area contributed by atoms with Crippen molar-refractivity contribution in [3.63, 3.8) is 0 Å². The molecule has 0 aliphatic carbocycles. The summed E-state index contributed by atoms with van der Waals surface area (Å²) < 4.78 is 13.2. The molecule has 4 nitrogen and oxygen atoms in total. The Bertz CT molecular complexity index is 1400. The fourth-order valence-electron chi connectivity index (χ4n) is 5.42. The first-order valence-electron chi connectivity index (χ1n) is 13.2. The molecule has 2 heterocycles. The van der Waals surface area contributed by atoms with Crippen LogP contribution in [0, 0.1) is 18.7 Å². The lowest BCUT2D eigenvalue weighted by molar-refractivity contribution is 0.102. The van der Waals surface area contributed by atoms with E-state index in [1.54, 1.807) is 24.3 Å². The Labute approximate surface area is 218 Å². The molecule has 37 heavy (non-hydrogen) atoms. The zero-order valence-corrected chi connectivity index (χ0v) is 21.8. The van der Waals surface area contributed by atoms with Crippen LogP contribution in [0.15, 0.2) is 72.9 Å². The molecular formula is C32H34FN3O. The van der Waals surface area contributed by atoms with Crippen LogP contribution in [-0.4, -0.2) is 28.4 Å². The Morgan fingerprint density at radius 2 is 1.76 bits per heavy atom. The number of hydrogen-bond acceptors (Lipinski definition) is 3. The van der Waals surface area contributed by atoms with Crippen molar-refractivity contribution in [2.45, 2.75) is 52.6 Å². The molecule has 3 aromatic carbocycles. The lowest BCUT2D eigenvalue weighted by atomic mass is 10.0. The third-order valence-corrected chi connectivity index (χ3v) is 7.36. The van der Waals surface area contributed by atoms with Gasteiger partial charge in [-0.15, -0.1) is 0 Å². The molecule has 0 bridgehead atoms. The molecule has 0 radical (unpaired) electrons. The number of carbonyl (C=O) groups is 1. The molecule has 1 amide bonds.